The second-order valence-corrected chi connectivity index (χ2v) is 18.1. The fourth-order valence-electron chi connectivity index (χ4n) is 5.06. The van der Waals surface area contributed by atoms with E-state index < -0.39 is 62.3 Å². The number of nitrogens with zero attached hydrogens (tertiary/aromatic N) is 2. The topological polar surface area (TPSA) is 149 Å². The second kappa shape index (κ2) is 14.7. The lowest BCUT2D eigenvalue weighted by molar-refractivity contribution is -0.0784. The monoisotopic (exact) mass is 713 g/mol. The number of anilines is 1. The van der Waals surface area contributed by atoms with Crippen LogP contribution in [0.1, 0.15) is 48.4 Å². The number of hydrogen-bond donors (Lipinski definition) is 1. The minimum atomic E-state index is -2.27. The highest BCUT2D eigenvalue weighted by molar-refractivity contribution is 6.83. The lowest BCUT2D eigenvalue weighted by Gasteiger charge is -2.33. The maximum absolute atomic E-state index is 14.0. The van der Waals surface area contributed by atoms with Crippen molar-refractivity contribution in [2.45, 2.75) is 57.5 Å². The van der Waals surface area contributed by atoms with Gasteiger partial charge in [0.15, 0.2) is 6.23 Å². The van der Waals surface area contributed by atoms with Gasteiger partial charge in [0.1, 0.15) is 26.6 Å². The zero-order chi connectivity index (χ0) is 36.2. The minimum absolute atomic E-state index is 0.0542. The van der Waals surface area contributed by atoms with Gasteiger partial charge in [-0.15, -0.1) is 5.54 Å². The van der Waals surface area contributed by atoms with Crippen LogP contribution in [0, 0.1) is 25.3 Å². The summed E-state index contributed by atoms with van der Waals surface area (Å²) in [7, 11) is -2.27. The molecule has 0 radical (unpaired) electrons. The molecule has 0 amide bonds. The Balaban J connectivity index is 1.68. The van der Waals surface area contributed by atoms with E-state index in [4.69, 9.17) is 36.3 Å². The Morgan fingerprint density at radius 2 is 1.42 bits per heavy atom. The molecule has 50 heavy (non-hydrogen) atoms. The average Bonchev–Trinajstić information content (AvgIpc) is 3.35. The average molecular weight is 714 g/mol. The minimum Gasteiger partial charge on any atom is -0.459 e. The molecule has 13 heteroatoms. The van der Waals surface area contributed by atoms with E-state index in [9.17, 15) is 19.2 Å². The molecule has 5 rings (SSSR count). The van der Waals surface area contributed by atoms with Crippen LogP contribution in [0.5, 0.6) is 0 Å². The maximum atomic E-state index is 14.0. The molecular formula is C37H36ClN3O8Si. The van der Waals surface area contributed by atoms with E-state index in [0.717, 1.165) is 15.7 Å². The van der Waals surface area contributed by atoms with Crippen LogP contribution in [-0.4, -0.2) is 59.9 Å². The number of rotatable bonds is 8. The van der Waals surface area contributed by atoms with Gasteiger partial charge < -0.3 is 24.7 Å². The van der Waals surface area contributed by atoms with Gasteiger partial charge in [0.05, 0.1) is 16.7 Å². The summed E-state index contributed by atoms with van der Waals surface area (Å²) in [6.07, 6.45) is -3.08. The van der Waals surface area contributed by atoms with Crippen molar-refractivity contribution < 1.29 is 33.3 Å². The zero-order valence-electron chi connectivity index (χ0n) is 28.1. The zero-order valence-corrected chi connectivity index (χ0v) is 29.9. The highest BCUT2D eigenvalue weighted by Crippen LogP contribution is 2.43. The first-order chi connectivity index (χ1) is 23.6. The number of hydrogen-bond acceptors (Lipinski definition) is 10. The van der Waals surface area contributed by atoms with E-state index in [1.54, 1.807) is 48.5 Å². The first-order valence-corrected chi connectivity index (χ1v) is 19.6. The molecule has 0 spiro atoms. The van der Waals surface area contributed by atoms with Crippen LogP contribution >= 0.6 is 11.6 Å². The summed E-state index contributed by atoms with van der Waals surface area (Å²) in [6.45, 7) is 9.14. The molecule has 3 aromatic carbocycles. The Morgan fingerprint density at radius 3 is 1.98 bits per heavy atom. The van der Waals surface area contributed by atoms with Gasteiger partial charge in [-0.25, -0.2) is 19.2 Å². The van der Waals surface area contributed by atoms with Crippen molar-refractivity contribution in [1.82, 2.24) is 9.55 Å². The third kappa shape index (κ3) is 8.31. The predicted octanol–water partition coefficient (Wildman–Crippen LogP) is 5.55. The molecule has 4 atom stereocenters. The van der Waals surface area contributed by atoms with Gasteiger partial charge in [-0.2, -0.15) is 4.98 Å². The molecule has 1 saturated heterocycles. The van der Waals surface area contributed by atoms with Crippen molar-refractivity contribution in [3.8, 4) is 11.5 Å². The number of benzene rings is 3. The molecular weight excluding hydrogens is 678 g/mol. The first-order valence-electron chi connectivity index (χ1n) is 15.7. The SMILES string of the molecule is Cc1ccc(C(=O)O[C@H]2[C@H](n3ccc(N)nc3=O)O[C@H](COC(=O)c3ccc(Cl)cc3)[C@@]2(C#C[Si](C)(C)C)OC(=O)c2ccc(C)cc2)cc1. The van der Waals surface area contributed by atoms with Crippen LogP contribution in [-0.2, 0) is 18.9 Å². The quantitative estimate of drug-likeness (QED) is 0.107. The van der Waals surface area contributed by atoms with Gasteiger partial charge in [-0.3, -0.25) is 4.57 Å². The van der Waals surface area contributed by atoms with E-state index >= 15 is 0 Å². The predicted molar refractivity (Wildman–Crippen MR) is 189 cm³/mol. The summed E-state index contributed by atoms with van der Waals surface area (Å²) in [5.74, 6) is 0.712. The Labute approximate surface area is 295 Å². The van der Waals surface area contributed by atoms with Crippen LogP contribution in [0.4, 0.5) is 5.82 Å². The van der Waals surface area contributed by atoms with Crippen LogP contribution in [0.2, 0.25) is 24.7 Å². The highest BCUT2D eigenvalue weighted by atomic mass is 35.5. The van der Waals surface area contributed by atoms with Crippen molar-refractivity contribution in [2.24, 2.45) is 0 Å². The molecule has 0 unspecified atom stereocenters. The van der Waals surface area contributed by atoms with Crippen molar-refractivity contribution in [3.63, 3.8) is 0 Å². The number of nitrogen functional groups attached to an aromatic ring is 1. The maximum Gasteiger partial charge on any atom is 0.351 e. The normalized spacial score (nSPS) is 19.9. The number of ether oxygens (including phenoxy) is 4. The molecule has 0 aliphatic carbocycles. The Bertz CT molecular complexity index is 2020. The largest absolute Gasteiger partial charge is 0.459 e. The molecule has 4 aromatic rings. The molecule has 1 aliphatic rings. The van der Waals surface area contributed by atoms with Crippen molar-refractivity contribution in [2.75, 3.05) is 12.3 Å². The molecule has 11 nitrogen and oxygen atoms in total. The molecule has 0 bridgehead atoms. The van der Waals surface area contributed by atoms with E-state index in [-0.39, 0.29) is 22.5 Å². The molecule has 2 N–H and O–H groups in total. The fourth-order valence-corrected chi connectivity index (χ4v) is 5.75. The number of carbonyl (C=O) groups excluding carboxylic acids is 3. The van der Waals surface area contributed by atoms with E-state index in [0.29, 0.717) is 5.02 Å². The smallest absolute Gasteiger partial charge is 0.351 e. The summed E-state index contributed by atoms with van der Waals surface area (Å²) in [6, 6.07) is 20.7. The molecule has 258 valence electrons. The van der Waals surface area contributed by atoms with Crippen molar-refractivity contribution in [3.05, 3.63) is 128 Å². The lowest BCUT2D eigenvalue weighted by Crippen LogP contribution is -2.54. The van der Waals surface area contributed by atoms with E-state index in [1.807, 2.05) is 33.5 Å². The molecule has 1 fully saturated rings. The number of aryl methyl sites for hydroxylation is 2. The summed E-state index contributed by atoms with van der Waals surface area (Å²) in [4.78, 5) is 58.1. The third-order valence-corrected chi connectivity index (χ3v) is 8.87. The number of nitrogens with two attached hydrogens (primary N) is 1. The van der Waals surface area contributed by atoms with Gasteiger partial charge in [-0.05, 0) is 68.4 Å². The van der Waals surface area contributed by atoms with Crippen LogP contribution in [0.25, 0.3) is 0 Å². The number of halogens is 1. The summed E-state index contributed by atoms with van der Waals surface area (Å²) < 4.78 is 25.7. The van der Waals surface area contributed by atoms with Crippen LogP contribution in [0.15, 0.2) is 89.9 Å². The van der Waals surface area contributed by atoms with Crippen molar-refractivity contribution in [1.29, 1.82) is 0 Å². The van der Waals surface area contributed by atoms with Gasteiger partial charge in [-0.1, -0.05) is 72.6 Å². The Morgan fingerprint density at radius 1 is 0.880 bits per heavy atom. The number of esters is 3. The first kappa shape index (κ1) is 36.1. The van der Waals surface area contributed by atoms with Gasteiger partial charge in [0.25, 0.3) is 0 Å². The highest BCUT2D eigenvalue weighted by Gasteiger charge is 2.63. The number of aromatic nitrogens is 2. The summed E-state index contributed by atoms with van der Waals surface area (Å²) >= 11 is 6.01. The second-order valence-electron chi connectivity index (χ2n) is 12.9. The molecule has 1 aromatic heterocycles. The van der Waals surface area contributed by atoms with Gasteiger partial charge in [0, 0.05) is 11.2 Å². The van der Waals surface area contributed by atoms with Gasteiger partial charge in [0.2, 0.25) is 11.7 Å². The molecule has 2 heterocycles. The van der Waals surface area contributed by atoms with Crippen LogP contribution < -0.4 is 11.4 Å². The lowest BCUT2D eigenvalue weighted by atomic mass is 9.92. The number of carbonyl (C=O) groups is 3. The van der Waals surface area contributed by atoms with Crippen molar-refractivity contribution >= 4 is 43.4 Å². The van der Waals surface area contributed by atoms with E-state index in [2.05, 4.69) is 16.4 Å². The van der Waals surface area contributed by atoms with Gasteiger partial charge >= 0.3 is 23.6 Å². The fraction of sp³-hybridized carbons (Fsp3) is 0.270. The van der Waals surface area contributed by atoms with Crippen LogP contribution in [0.3, 0.4) is 0 Å². The molecule has 0 saturated carbocycles. The Hall–Kier alpha value is -5.22. The summed E-state index contributed by atoms with van der Waals surface area (Å²) in [5.41, 5.74) is 8.47. The molecule has 1 aliphatic heterocycles. The summed E-state index contributed by atoms with van der Waals surface area (Å²) in [5, 5.41) is 0.424. The standard InChI is InChI=1S/C37H36ClN3O8Si/c1-23-6-10-26(11-7-23)34(43)48-31-32(41-20-18-30(39)40-36(41)45)47-29(22-46-33(42)25-14-16-28(38)17-15-25)37(31,19-21-50(3,4)5)49-35(44)27-12-8-24(2)9-13-27/h6-18,20,29,31-32H,22H2,1-5H3,(H2,39,40,45)/t29-,31+,32-,37-/m1/s1. The van der Waals surface area contributed by atoms with E-state index in [1.165, 1.54) is 36.5 Å². The third-order valence-electron chi connectivity index (χ3n) is 7.74. The Kier molecular flexibility index (Phi) is 10.6.